The van der Waals surface area contributed by atoms with Crippen molar-refractivity contribution in [2.24, 2.45) is 0 Å². The van der Waals surface area contributed by atoms with Gasteiger partial charge in [-0.2, -0.15) is 0 Å². The van der Waals surface area contributed by atoms with Crippen molar-refractivity contribution in [2.45, 2.75) is 67.3 Å². The highest BCUT2D eigenvalue weighted by Crippen LogP contribution is 2.37. The molecule has 4 unspecified atom stereocenters. The first-order valence-electron chi connectivity index (χ1n) is 11.2. The molecule has 8 heteroatoms. The van der Waals surface area contributed by atoms with Crippen LogP contribution in [0.2, 0.25) is 0 Å². The molecule has 0 heterocycles. The second kappa shape index (κ2) is 12.5. The zero-order valence-electron chi connectivity index (χ0n) is 21.8. The molecule has 0 saturated heterocycles. The first-order chi connectivity index (χ1) is 16.0. The smallest absolute Gasteiger partial charge is 0.196 e. The number of carbonyl (C=O) groups excluding carboxylic acids is 1. The van der Waals surface area contributed by atoms with E-state index in [1.54, 1.807) is 54.2 Å². The van der Waals surface area contributed by atoms with Gasteiger partial charge >= 0.3 is 0 Å². The van der Waals surface area contributed by atoms with Gasteiger partial charge in [0.15, 0.2) is 24.4 Å². The molecule has 0 saturated carbocycles. The van der Waals surface area contributed by atoms with Crippen LogP contribution in [0.4, 0.5) is 0 Å². The average Bonchev–Trinajstić information content (AvgIpc) is 2.79. The van der Waals surface area contributed by atoms with E-state index in [2.05, 4.69) is 13.0 Å². The number of rotatable bonds is 12. The lowest BCUT2D eigenvalue weighted by Gasteiger charge is -2.23. The quantitative estimate of drug-likeness (QED) is 0.299. The minimum Gasteiger partial charge on any atom is -0.465 e. The van der Waals surface area contributed by atoms with Gasteiger partial charge in [0.2, 0.25) is 0 Å². The van der Waals surface area contributed by atoms with Gasteiger partial charge in [0.25, 0.3) is 0 Å². The van der Waals surface area contributed by atoms with Gasteiger partial charge in [0.1, 0.15) is 17.2 Å². The summed E-state index contributed by atoms with van der Waals surface area (Å²) in [5.41, 5.74) is 4.95. The van der Waals surface area contributed by atoms with Crippen molar-refractivity contribution in [1.82, 2.24) is 0 Å². The van der Waals surface area contributed by atoms with Gasteiger partial charge in [0, 0.05) is 39.0 Å². The summed E-state index contributed by atoms with van der Waals surface area (Å²) in [4.78, 5) is 13.6. The molecule has 0 aliphatic heterocycles. The molecule has 0 spiro atoms. The van der Waals surface area contributed by atoms with E-state index >= 15 is 0 Å². The minimum atomic E-state index is -0.549. The largest absolute Gasteiger partial charge is 0.465 e. The molecule has 0 fully saturated rings. The van der Waals surface area contributed by atoms with Crippen LogP contribution in [0, 0.1) is 27.7 Å². The van der Waals surface area contributed by atoms with Gasteiger partial charge in [0.05, 0.1) is 5.30 Å². The predicted octanol–water partition coefficient (Wildman–Crippen LogP) is 5.18. The van der Waals surface area contributed by atoms with E-state index < -0.39 is 18.9 Å². The van der Waals surface area contributed by atoms with Gasteiger partial charge in [-0.15, -0.1) is 0 Å². The molecule has 2 aromatic carbocycles. The van der Waals surface area contributed by atoms with Crippen molar-refractivity contribution >= 4 is 19.4 Å². The molecule has 0 aliphatic rings. The second-order valence-corrected chi connectivity index (χ2v) is 9.35. The topological polar surface area (TPSA) is 72.5 Å². The fraction of sp³-hybridized carbons (Fsp3) is 0.500. The predicted molar refractivity (Wildman–Crippen MR) is 135 cm³/mol. The fourth-order valence-corrected chi connectivity index (χ4v) is 4.69. The van der Waals surface area contributed by atoms with Gasteiger partial charge in [-0.25, -0.2) is 0 Å². The molecule has 0 N–H and O–H groups in total. The monoisotopic (exact) mass is 492 g/mol. The molecule has 0 aromatic heterocycles. The summed E-state index contributed by atoms with van der Waals surface area (Å²) in [7, 11) is 4.41. The summed E-state index contributed by atoms with van der Waals surface area (Å²) in [6, 6.07) is 5.51. The van der Waals surface area contributed by atoms with Crippen molar-refractivity contribution < 1.29 is 33.2 Å². The Morgan fingerprint density at radius 3 is 1.65 bits per heavy atom. The molecule has 0 bridgehead atoms. The first kappa shape index (κ1) is 28.1. The van der Waals surface area contributed by atoms with Crippen molar-refractivity contribution in [3.8, 4) is 17.2 Å². The van der Waals surface area contributed by atoms with Gasteiger partial charge in [-0.1, -0.05) is 6.07 Å². The fourth-order valence-electron chi connectivity index (χ4n) is 3.45. The molecule has 4 atom stereocenters. The molecule has 0 aliphatic carbocycles. The lowest BCUT2D eigenvalue weighted by atomic mass is 9.95. The maximum atomic E-state index is 13.6. The van der Waals surface area contributed by atoms with Crippen LogP contribution in [-0.2, 0) is 14.2 Å². The van der Waals surface area contributed by atoms with Gasteiger partial charge in [-0.3, -0.25) is 4.79 Å². The van der Waals surface area contributed by atoms with Crippen LogP contribution in [0.1, 0.15) is 53.4 Å². The molecule has 188 valence electrons. The van der Waals surface area contributed by atoms with Crippen LogP contribution < -0.4 is 19.5 Å². The lowest BCUT2D eigenvalue weighted by Crippen LogP contribution is -2.23. The number of aryl methyl sites for hydroxylation is 2. The van der Waals surface area contributed by atoms with E-state index in [4.69, 9.17) is 28.4 Å². The van der Waals surface area contributed by atoms with Gasteiger partial charge < -0.3 is 28.4 Å². The van der Waals surface area contributed by atoms with Crippen LogP contribution >= 0.6 is 8.58 Å². The Hall–Kier alpha value is -2.18. The number of carbonyl (C=O) groups is 1. The maximum Gasteiger partial charge on any atom is 0.196 e. The summed E-state index contributed by atoms with van der Waals surface area (Å²) >= 11 is 0. The normalized spacial score (nSPS) is 14.2. The average molecular weight is 493 g/mol. The molecule has 34 heavy (non-hydrogen) atoms. The molecule has 7 nitrogen and oxygen atoms in total. The van der Waals surface area contributed by atoms with E-state index in [0.29, 0.717) is 22.6 Å². The Balaban J connectivity index is 2.62. The highest BCUT2D eigenvalue weighted by Gasteiger charge is 2.24. The molecule has 2 rings (SSSR count). The maximum absolute atomic E-state index is 13.6. The minimum absolute atomic E-state index is 0.00173. The van der Waals surface area contributed by atoms with Crippen molar-refractivity contribution in [3.63, 3.8) is 0 Å². The zero-order valence-corrected chi connectivity index (χ0v) is 22.8. The van der Waals surface area contributed by atoms with Crippen molar-refractivity contribution in [1.29, 1.82) is 0 Å². The van der Waals surface area contributed by atoms with Crippen LogP contribution in [0.5, 0.6) is 17.2 Å². The third-order valence-corrected chi connectivity index (χ3v) is 6.97. The number of benzene rings is 2. The third kappa shape index (κ3) is 6.92. The Morgan fingerprint density at radius 2 is 1.18 bits per heavy atom. The highest BCUT2D eigenvalue weighted by molar-refractivity contribution is 7.66. The number of methoxy groups -OCH3 is 3. The third-order valence-electron chi connectivity index (χ3n) is 5.75. The first-order valence-corrected chi connectivity index (χ1v) is 12.2. The SMILES string of the molecule is COC(C)Oc1cc(OC(C)OC)c(PC(=O)c2c(C)cc(C)c(C)c2C)c(OC(C)OC)c1. The zero-order chi connectivity index (χ0) is 25.6. The van der Waals surface area contributed by atoms with Crippen molar-refractivity contribution in [3.05, 3.63) is 46.0 Å². The molecule has 2 aromatic rings. The summed E-state index contributed by atoms with van der Waals surface area (Å²) < 4.78 is 33.8. The van der Waals surface area contributed by atoms with Crippen LogP contribution in [0.25, 0.3) is 0 Å². The molecule has 0 amide bonds. The highest BCUT2D eigenvalue weighted by atomic mass is 31.1. The lowest BCUT2D eigenvalue weighted by molar-refractivity contribution is -0.0458. The Morgan fingerprint density at radius 1 is 0.706 bits per heavy atom. The summed E-state index contributed by atoms with van der Waals surface area (Å²) in [6.45, 7) is 13.4. The Kier molecular flexibility index (Phi) is 10.3. The van der Waals surface area contributed by atoms with E-state index in [9.17, 15) is 4.79 Å². The van der Waals surface area contributed by atoms with Gasteiger partial charge in [-0.05, 0) is 79.3 Å². The summed E-state index contributed by atoms with van der Waals surface area (Å²) in [5, 5.41) is 0.618. The number of ether oxygens (including phenoxy) is 6. The van der Waals surface area contributed by atoms with E-state index in [0.717, 1.165) is 22.3 Å². The second-order valence-electron chi connectivity index (χ2n) is 8.15. The van der Waals surface area contributed by atoms with E-state index in [1.165, 1.54) is 5.56 Å². The molecular formula is C26H37O7P. The van der Waals surface area contributed by atoms with Crippen LogP contribution in [0.15, 0.2) is 18.2 Å². The molecular weight excluding hydrogens is 455 g/mol. The number of hydrogen-bond donors (Lipinski definition) is 0. The Bertz CT molecular complexity index is 972. The van der Waals surface area contributed by atoms with Crippen molar-refractivity contribution in [2.75, 3.05) is 21.3 Å². The summed E-state index contributed by atoms with van der Waals surface area (Å²) in [6.07, 6.45) is -1.59. The standard InChI is InChI=1S/C26H37O7P/c1-14-11-15(2)24(17(4)16(14)3)26(27)34-25-22(32-19(6)29-9)12-21(31-18(5)28-8)13-23(25)33-20(7)30-10/h11-13,18-20,34H,1-10H3. The van der Waals surface area contributed by atoms with E-state index in [-0.39, 0.29) is 14.1 Å². The molecule has 0 radical (unpaired) electrons. The van der Waals surface area contributed by atoms with E-state index in [1.807, 2.05) is 20.8 Å². The van der Waals surface area contributed by atoms with Crippen LogP contribution in [-0.4, -0.2) is 45.7 Å². The Labute approximate surface area is 204 Å². The van der Waals surface area contributed by atoms with Crippen LogP contribution in [0.3, 0.4) is 0 Å². The summed E-state index contributed by atoms with van der Waals surface area (Å²) in [5.74, 6) is 1.36. The number of hydrogen-bond acceptors (Lipinski definition) is 7.